The van der Waals surface area contributed by atoms with Crippen LogP contribution in [0.25, 0.3) is 22.2 Å². The van der Waals surface area contributed by atoms with E-state index in [1.807, 2.05) is 49.4 Å². The maximum Gasteiger partial charge on any atom is 0.253 e. The molecule has 1 aromatic heterocycles. The minimum Gasteiger partial charge on any atom is -0.494 e. The SMILES string of the molecule is CCOc1cccc(-c2cc(C(=O)Cl)c3cc(Br)ccc3n2)c1. The molecule has 0 atom stereocenters. The predicted octanol–water partition coefficient (Wildman–Crippen LogP) is 5.44. The van der Waals surface area contributed by atoms with Gasteiger partial charge >= 0.3 is 0 Å². The molecular weight excluding hydrogens is 378 g/mol. The number of pyridine rings is 1. The largest absolute Gasteiger partial charge is 0.494 e. The van der Waals surface area contributed by atoms with Crippen LogP contribution in [0.2, 0.25) is 0 Å². The highest BCUT2D eigenvalue weighted by Crippen LogP contribution is 2.29. The number of aromatic nitrogens is 1. The number of carbonyl (C=O) groups is 1. The van der Waals surface area contributed by atoms with Crippen LogP contribution in [0.15, 0.2) is 53.0 Å². The van der Waals surface area contributed by atoms with Gasteiger partial charge in [-0.25, -0.2) is 4.98 Å². The summed E-state index contributed by atoms with van der Waals surface area (Å²) in [6.07, 6.45) is 0. The molecule has 0 amide bonds. The van der Waals surface area contributed by atoms with E-state index in [4.69, 9.17) is 16.3 Å². The highest BCUT2D eigenvalue weighted by Gasteiger charge is 2.13. The second kappa shape index (κ2) is 6.69. The van der Waals surface area contributed by atoms with E-state index in [0.717, 1.165) is 26.7 Å². The minimum atomic E-state index is -0.502. The summed E-state index contributed by atoms with van der Waals surface area (Å²) in [6, 6.07) is 14.9. The van der Waals surface area contributed by atoms with E-state index >= 15 is 0 Å². The Hall–Kier alpha value is -1.91. The van der Waals surface area contributed by atoms with Crippen molar-refractivity contribution < 1.29 is 9.53 Å². The second-order valence-corrected chi connectivity index (χ2v) is 6.21. The molecule has 116 valence electrons. The average Bonchev–Trinajstić information content (AvgIpc) is 2.54. The van der Waals surface area contributed by atoms with Crippen molar-refractivity contribution in [3.05, 3.63) is 58.6 Å². The minimum absolute atomic E-state index is 0.440. The molecule has 5 heteroatoms. The van der Waals surface area contributed by atoms with Crippen molar-refractivity contribution in [2.75, 3.05) is 6.61 Å². The number of fused-ring (bicyclic) bond motifs is 1. The fraction of sp³-hybridized carbons (Fsp3) is 0.111. The van der Waals surface area contributed by atoms with Crippen molar-refractivity contribution >= 4 is 43.7 Å². The molecular formula is C18H13BrClNO2. The fourth-order valence-electron chi connectivity index (χ4n) is 2.42. The summed E-state index contributed by atoms with van der Waals surface area (Å²) >= 11 is 9.18. The lowest BCUT2D eigenvalue weighted by Gasteiger charge is -2.09. The van der Waals surface area contributed by atoms with Crippen LogP contribution in [-0.2, 0) is 0 Å². The van der Waals surface area contributed by atoms with Gasteiger partial charge in [0.15, 0.2) is 0 Å². The molecule has 0 spiro atoms. The molecule has 1 heterocycles. The van der Waals surface area contributed by atoms with Crippen LogP contribution in [0, 0.1) is 0 Å². The Morgan fingerprint density at radius 2 is 2.04 bits per heavy atom. The van der Waals surface area contributed by atoms with Gasteiger partial charge in [-0.15, -0.1) is 0 Å². The van der Waals surface area contributed by atoms with Gasteiger partial charge in [0.1, 0.15) is 5.75 Å². The molecule has 0 saturated carbocycles. The second-order valence-electron chi connectivity index (χ2n) is 4.95. The van der Waals surface area contributed by atoms with Gasteiger partial charge in [-0.05, 0) is 54.9 Å². The Balaban J connectivity index is 2.20. The van der Waals surface area contributed by atoms with Crippen LogP contribution in [0.5, 0.6) is 5.75 Å². The lowest BCUT2D eigenvalue weighted by atomic mass is 10.0. The molecule has 0 aliphatic carbocycles. The Bertz CT molecular complexity index is 895. The monoisotopic (exact) mass is 389 g/mol. The van der Waals surface area contributed by atoms with E-state index in [0.29, 0.717) is 17.9 Å². The highest BCUT2D eigenvalue weighted by atomic mass is 79.9. The molecule has 0 aliphatic rings. The Kier molecular flexibility index (Phi) is 4.64. The number of ether oxygens (including phenoxy) is 1. The first-order valence-corrected chi connectivity index (χ1v) is 8.29. The molecule has 0 bridgehead atoms. The Labute approximate surface area is 147 Å². The van der Waals surface area contributed by atoms with Crippen LogP contribution < -0.4 is 4.74 Å². The van der Waals surface area contributed by atoms with Crippen LogP contribution in [0.3, 0.4) is 0 Å². The van der Waals surface area contributed by atoms with Crippen LogP contribution in [0.4, 0.5) is 0 Å². The van der Waals surface area contributed by atoms with Gasteiger partial charge in [-0.3, -0.25) is 4.79 Å². The van der Waals surface area contributed by atoms with Gasteiger partial charge in [0, 0.05) is 21.0 Å². The van der Waals surface area contributed by atoms with Gasteiger partial charge < -0.3 is 4.74 Å². The first kappa shape index (κ1) is 16.0. The molecule has 0 radical (unpaired) electrons. The maximum absolute atomic E-state index is 11.8. The fourth-order valence-corrected chi connectivity index (χ4v) is 2.94. The molecule has 0 N–H and O–H groups in total. The molecule has 23 heavy (non-hydrogen) atoms. The summed E-state index contributed by atoms with van der Waals surface area (Å²) in [4.78, 5) is 16.5. The number of carbonyl (C=O) groups excluding carboxylic acids is 1. The van der Waals surface area contributed by atoms with Crippen molar-refractivity contribution in [2.24, 2.45) is 0 Å². The molecule has 3 rings (SSSR count). The van der Waals surface area contributed by atoms with E-state index in [1.54, 1.807) is 6.07 Å². The summed E-state index contributed by atoms with van der Waals surface area (Å²) in [7, 11) is 0. The number of benzene rings is 2. The van der Waals surface area contributed by atoms with Gasteiger partial charge in [0.2, 0.25) is 0 Å². The summed E-state index contributed by atoms with van der Waals surface area (Å²) in [5, 5.41) is 0.224. The van der Waals surface area contributed by atoms with Crippen molar-refractivity contribution in [3.63, 3.8) is 0 Å². The third-order valence-electron chi connectivity index (χ3n) is 3.42. The number of rotatable bonds is 4. The zero-order valence-corrected chi connectivity index (χ0v) is 14.7. The smallest absolute Gasteiger partial charge is 0.253 e. The van der Waals surface area contributed by atoms with Crippen molar-refractivity contribution in [1.82, 2.24) is 4.98 Å². The normalized spacial score (nSPS) is 10.7. The standard InChI is InChI=1S/C18H13BrClNO2/c1-2-23-13-5-3-4-11(8-13)17-10-15(18(20)22)14-9-12(19)6-7-16(14)21-17/h3-10H,2H2,1H3. The third-order valence-corrected chi connectivity index (χ3v) is 4.12. The number of nitrogens with zero attached hydrogens (tertiary/aromatic N) is 1. The van der Waals surface area contributed by atoms with Gasteiger partial charge in [-0.2, -0.15) is 0 Å². The highest BCUT2D eigenvalue weighted by molar-refractivity contribution is 9.10. The summed E-state index contributed by atoms with van der Waals surface area (Å²) in [6.45, 7) is 2.52. The molecule has 0 unspecified atom stereocenters. The molecule has 0 fully saturated rings. The van der Waals surface area contributed by atoms with E-state index < -0.39 is 5.24 Å². The van der Waals surface area contributed by atoms with Gasteiger partial charge in [0.05, 0.1) is 17.8 Å². The number of hydrogen-bond donors (Lipinski definition) is 0. The Morgan fingerprint density at radius 3 is 2.78 bits per heavy atom. The molecule has 0 aliphatic heterocycles. The topological polar surface area (TPSA) is 39.2 Å². The van der Waals surface area contributed by atoms with E-state index in [2.05, 4.69) is 20.9 Å². The number of hydrogen-bond acceptors (Lipinski definition) is 3. The van der Waals surface area contributed by atoms with Crippen LogP contribution >= 0.6 is 27.5 Å². The molecule has 3 aromatic rings. The Morgan fingerprint density at radius 1 is 1.22 bits per heavy atom. The van der Waals surface area contributed by atoms with Gasteiger partial charge in [0.25, 0.3) is 5.24 Å². The first-order valence-electron chi connectivity index (χ1n) is 7.12. The molecule has 0 saturated heterocycles. The third kappa shape index (κ3) is 3.38. The summed E-state index contributed by atoms with van der Waals surface area (Å²) in [5.41, 5.74) is 2.72. The van der Waals surface area contributed by atoms with E-state index in [-0.39, 0.29) is 0 Å². The predicted molar refractivity (Wildman–Crippen MR) is 96.2 cm³/mol. The molecule has 2 aromatic carbocycles. The van der Waals surface area contributed by atoms with Crippen molar-refractivity contribution in [1.29, 1.82) is 0 Å². The van der Waals surface area contributed by atoms with E-state index in [1.165, 1.54) is 0 Å². The van der Waals surface area contributed by atoms with Gasteiger partial charge in [-0.1, -0.05) is 28.1 Å². The van der Waals surface area contributed by atoms with Crippen LogP contribution in [-0.4, -0.2) is 16.8 Å². The van der Waals surface area contributed by atoms with E-state index in [9.17, 15) is 4.79 Å². The average molecular weight is 391 g/mol. The van der Waals surface area contributed by atoms with Crippen molar-refractivity contribution in [3.8, 4) is 17.0 Å². The molecule has 3 nitrogen and oxygen atoms in total. The zero-order chi connectivity index (χ0) is 16.4. The zero-order valence-electron chi connectivity index (χ0n) is 12.3. The quantitative estimate of drug-likeness (QED) is 0.557. The first-order chi connectivity index (χ1) is 11.1. The summed E-state index contributed by atoms with van der Waals surface area (Å²) < 4.78 is 6.39. The number of halogens is 2. The lowest BCUT2D eigenvalue weighted by molar-refractivity contribution is 0.108. The lowest BCUT2D eigenvalue weighted by Crippen LogP contribution is -1.96. The summed E-state index contributed by atoms with van der Waals surface area (Å²) in [5.74, 6) is 0.765. The van der Waals surface area contributed by atoms with Crippen LogP contribution in [0.1, 0.15) is 17.3 Å². The van der Waals surface area contributed by atoms with Crippen molar-refractivity contribution in [2.45, 2.75) is 6.92 Å². The maximum atomic E-state index is 11.8.